The molecule has 188 valence electrons. The van der Waals surface area contributed by atoms with Gasteiger partial charge in [0.25, 0.3) is 5.91 Å². The second-order valence-corrected chi connectivity index (χ2v) is 9.34. The number of benzene rings is 2. The first-order chi connectivity index (χ1) is 18.1. The van der Waals surface area contributed by atoms with Gasteiger partial charge in [-0.1, -0.05) is 48.0 Å². The summed E-state index contributed by atoms with van der Waals surface area (Å²) in [6.07, 6.45) is 6.75. The number of carbonyl (C=O) groups excluding carboxylic acids is 1. The number of aromatic nitrogens is 3. The van der Waals surface area contributed by atoms with E-state index in [-0.39, 0.29) is 11.6 Å². The van der Waals surface area contributed by atoms with E-state index in [1.807, 2.05) is 48.5 Å². The molecule has 0 aliphatic rings. The van der Waals surface area contributed by atoms with E-state index in [0.717, 1.165) is 29.7 Å². The Hall–Kier alpha value is -3.94. The predicted molar refractivity (Wildman–Crippen MR) is 144 cm³/mol. The van der Waals surface area contributed by atoms with Crippen LogP contribution in [-0.4, -0.2) is 38.8 Å². The lowest BCUT2D eigenvalue weighted by Gasteiger charge is -2.21. The average molecular weight is 514 g/mol. The number of aromatic amines is 1. The summed E-state index contributed by atoms with van der Waals surface area (Å²) in [5.74, 6) is 0.247. The van der Waals surface area contributed by atoms with E-state index >= 15 is 0 Å². The molecule has 0 fully saturated rings. The molecule has 0 aliphatic carbocycles. The fourth-order valence-electron chi connectivity index (χ4n) is 4.30. The fraction of sp³-hybridized carbons (Fsp3) is 0.207. The molecule has 7 nitrogen and oxygen atoms in total. The lowest BCUT2D eigenvalue weighted by atomic mass is 10.1. The van der Waals surface area contributed by atoms with Gasteiger partial charge in [-0.3, -0.25) is 14.7 Å². The van der Waals surface area contributed by atoms with Gasteiger partial charge in [0.15, 0.2) is 5.69 Å². The molecule has 0 radical (unpaired) electrons. The molecule has 0 saturated carbocycles. The number of H-pyrrole nitrogens is 1. The number of hydrogen-bond acceptors (Lipinski definition) is 5. The smallest absolute Gasteiger partial charge is 0.273 e. The van der Waals surface area contributed by atoms with Gasteiger partial charge in [-0.25, -0.2) is 4.98 Å². The first-order valence-electron chi connectivity index (χ1n) is 12.3. The van der Waals surface area contributed by atoms with Crippen LogP contribution in [0.25, 0.3) is 10.9 Å². The maximum absolute atomic E-state index is 12.6. The summed E-state index contributed by atoms with van der Waals surface area (Å²) in [5.41, 5.74) is 4.74. The van der Waals surface area contributed by atoms with Crippen molar-refractivity contribution in [1.29, 1.82) is 0 Å². The zero-order valence-electron chi connectivity index (χ0n) is 20.4. The molecule has 37 heavy (non-hydrogen) atoms. The molecule has 1 amide bonds. The summed E-state index contributed by atoms with van der Waals surface area (Å²) >= 11 is 6.08. The van der Waals surface area contributed by atoms with Crippen molar-refractivity contribution in [2.75, 3.05) is 13.1 Å². The van der Waals surface area contributed by atoms with Crippen LogP contribution in [0.4, 0.5) is 0 Å². The number of rotatable bonds is 11. The Morgan fingerprint density at radius 2 is 1.84 bits per heavy atom. The van der Waals surface area contributed by atoms with Crippen LogP contribution in [0.2, 0.25) is 5.02 Å². The molecule has 5 aromatic rings. The molecule has 2 aromatic carbocycles. The number of hydrogen-bond donors (Lipinski definition) is 2. The van der Waals surface area contributed by atoms with Crippen LogP contribution in [0.15, 0.2) is 89.8 Å². The SMILES string of the molecule is O=C(NCCc1ccccn1)c1coc(CN(CCc2c[nH]c3ccccc23)Cc2ccc(Cl)cc2)n1. The highest BCUT2D eigenvalue weighted by Crippen LogP contribution is 2.20. The lowest BCUT2D eigenvalue weighted by molar-refractivity contribution is 0.0949. The molecule has 0 aliphatic heterocycles. The number of oxazole rings is 1. The van der Waals surface area contributed by atoms with Crippen molar-refractivity contribution in [3.05, 3.63) is 119 Å². The highest BCUT2D eigenvalue weighted by Gasteiger charge is 2.16. The van der Waals surface area contributed by atoms with Gasteiger partial charge >= 0.3 is 0 Å². The monoisotopic (exact) mass is 513 g/mol. The maximum atomic E-state index is 12.6. The van der Waals surface area contributed by atoms with Crippen molar-refractivity contribution in [1.82, 2.24) is 25.2 Å². The first kappa shape index (κ1) is 24.7. The Bertz CT molecular complexity index is 1450. The van der Waals surface area contributed by atoms with Gasteiger partial charge in [0.05, 0.1) is 6.54 Å². The summed E-state index contributed by atoms with van der Waals surface area (Å²) in [6, 6.07) is 21.9. The van der Waals surface area contributed by atoms with Gasteiger partial charge in [-0.2, -0.15) is 0 Å². The molecule has 0 bridgehead atoms. The van der Waals surface area contributed by atoms with Crippen molar-refractivity contribution in [3.8, 4) is 0 Å². The lowest BCUT2D eigenvalue weighted by Crippen LogP contribution is -2.27. The number of carbonyl (C=O) groups is 1. The Morgan fingerprint density at radius 3 is 2.68 bits per heavy atom. The highest BCUT2D eigenvalue weighted by molar-refractivity contribution is 6.30. The van der Waals surface area contributed by atoms with Crippen LogP contribution in [0.1, 0.15) is 33.2 Å². The summed E-state index contributed by atoms with van der Waals surface area (Å²) in [4.78, 5) is 26.9. The van der Waals surface area contributed by atoms with Gasteiger partial charge in [0.2, 0.25) is 5.89 Å². The minimum absolute atomic E-state index is 0.256. The standard InChI is InChI=1S/C29H28ClN5O2/c30-23-10-8-21(9-11-23)18-35(16-13-22-17-33-26-7-2-1-6-25(22)26)19-28-34-27(20-37-28)29(36)32-15-12-24-5-3-4-14-31-24/h1-11,14,17,20,33H,12-13,15-16,18-19H2,(H,32,36). The van der Waals surface area contributed by atoms with Crippen LogP contribution in [-0.2, 0) is 25.9 Å². The van der Waals surface area contributed by atoms with Gasteiger partial charge in [-0.05, 0) is 47.9 Å². The first-order valence-corrected chi connectivity index (χ1v) is 12.7. The quantitative estimate of drug-likeness (QED) is 0.246. The van der Waals surface area contributed by atoms with E-state index in [4.69, 9.17) is 16.0 Å². The van der Waals surface area contributed by atoms with E-state index in [9.17, 15) is 4.79 Å². The molecule has 0 unspecified atom stereocenters. The number of halogens is 1. The predicted octanol–water partition coefficient (Wildman–Crippen LogP) is 5.42. The Kier molecular flexibility index (Phi) is 7.93. The van der Waals surface area contributed by atoms with Crippen LogP contribution in [0.3, 0.4) is 0 Å². The number of pyridine rings is 1. The van der Waals surface area contributed by atoms with E-state index in [1.54, 1.807) is 6.20 Å². The van der Waals surface area contributed by atoms with Crippen molar-refractivity contribution in [2.45, 2.75) is 25.9 Å². The molecule has 8 heteroatoms. The van der Waals surface area contributed by atoms with Crippen LogP contribution in [0.5, 0.6) is 0 Å². The minimum Gasteiger partial charge on any atom is -0.447 e. The molecule has 2 N–H and O–H groups in total. The Morgan fingerprint density at radius 1 is 1.00 bits per heavy atom. The number of nitrogens with zero attached hydrogens (tertiary/aromatic N) is 3. The van der Waals surface area contributed by atoms with Gasteiger partial charge < -0.3 is 14.7 Å². The molecule has 0 atom stereocenters. The van der Waals surface area contributed by atoms with Crippen molar-refractivity contribution in [3.63, 3.8) is 0 Å². The zero-order valence-corrected chi connectivity index (χ0v) is 21.1. The van der Waals surface area contributed by atoms with Crippen LogP contribution < -0.4 is 5.32 Å². The second-order valence-electron chi connectivity index (χ2n) is 8.90. The summed E-state index contributed by atoms with van der Waals surface area (Å²) in [6.45, 7) is 2.45. The van der Waals surface area contributed by atoms with Crippen LogP contribution >= 0.6 is 11.6 Å². The summed E-state index contributed by atoms with van der Waals surface area (Å²) in [5, 5.41) is 4.83. The topological polar surface area (TPSA) is 87.0 Å². The van der Waals surface area contributed by atoms with Gasteiger partial charge in [0, 0.05) is 60.1 Å². The van der Waals surface area contributed by atoms with E-state index in [0.29, 0.717) is 37.0 Å². The maximum Gasteiger partial charge on any atom is 0.273 e. The van der Waals surface area contributed by atoms with Crippen molar-refractivity contribution >= 4 is 28.4 Å². The third kappa shape index (κ3) is 6.64. The number of para-hydroxylation sites is 1. The second kappa shape index (κ2) is 11.9. The molecule has 3 heterocycles. The third-order valence-corrected chi connectivity index (χ3v) is 6.48. The average Bonchev–Trinajstić information content (AvgIpc) is 3.56. The number of fused-ring (bicyclic) bond motifs is 1. The van der Waals surface area contributed by atoms with Crippen LogP contribution in [0, 0.1) is 0 Å². The fourth-order valence-corrected chi connectivity index (χ4v) is 4.42. The number of amides is 1. The largest absolute Gasteiger partial charge is 0.447 e. The minimum atomic E-state index is -0.256. The van der Waals surface area contributed by atoms with E-state index < -0.39 is 0 Å². The van der Waals surface area contributed by atoms with Gasteiger partial charge in [-0.15, -0.1) is 0 Å². The molecular weight excluding hydrogens is 486 g/mol. The van der Waals surface area contributed by atoms with Gasteiger partial charge in [0.1, 0.15) is 6.26 Å². The van der Waals surface area contributed by atoms with Crippen molar-refractivity contribution in [2.24, 2.45) is 0 Å². The summed E-state index contributed by atoms with van der Waals surface area (Å²) in [7, 11) is 0. The van der Waals surface area contributed by atoms with E-state index in [2.05, 4.69) is 49.6 Å². The highest BCUT2D eigenvalue weighted by atomic mass is 35.5. The summed E-state index contributed by atoms with van der Waals surface area (Å²) < 4.78 is 5.69. The molecule has 3 aromatic heterocycles. The molecule has 5 rings (SSSR count). The third-order valence-electron chi connectivity index (χ3n) is 6.23. The Labute approximate surface area is 220 Å². The number of nitrogens with one attached hydrogen (secondary N) is 2. The van der Waals surface area contributed by atoms with E-state index in [1.165, 1.54) is 17.2 Å². The molecule has 0 saturated heterocycles. The Balaban J connectivity index is 1.23. The molecular formula is C29H28ClN5O2. The molecule has 0 spiro atoms. The zero-order chi connectivity index (χ0) is 25.5. The van der Waals surface area contributed by atoms with Crippen molar-refractivity contribution < 1.29 is 9.21 Å². The normalized spacial score (nSPS) is 11.3.